The van der Waals surface area contributed by atoms with Gasteiger partial charge in [0.15, 0.2) is 0 Å². The molecule has 0 aliphatic carbocycles. The average Bonchev–Trinajstić information content (AvgIpc) is 3.16. The molecule has 0 atom stereocenters. The molecule has 1 N–H and O–H groups in total. The van der Waals surface area contributed by atoms with Gasteiger partial charge in [0.25, 0.3) is 0 Å². The average molecular weight is 428 g/mol. The number of carbonyl (C=O) groups excluding carboxylic acids is 1. The standard InChI is InChI=1S/C24H33N3O2S/c1-23(2,3)14-22(28)27-12-9-24(29,10-13-27)20-17-30-21(25-20)16-26-11-8-18-6-4-5-7-19(18)15-26/h4-7,17,29H,8-16H2,1-3H3. The highest BCUT2D eigenvalue weighted by molar-refractivity contribution is 7.09. The van der Waals surface area contributed by atoms with E-state index in [-0.39, 0.29) is 11.3 Å². The fourth-order valence-corrected chi connectivity index (χ4v) is 5.35. The minimum atomic E-state index is -0.915. The highest BCUT2D eigenvalue weighted by atomic mass is 32.1. The molecule has 2 aromatic rings. The highest BCUT2D eigenvalue weighted by Crippen LogP contribution is 2.34. The first-order chi connectivity index (χ1) is 14.2. The molecule has 0 saturated carbocycles. The van der Waals surface area contributed by atoms with Gasteiger partial charge in [-0.2, -0.15) is 0 Å². The third-order valence-corrected chi connectivity index (χ3v) is 7.06. The van der Waals surface area contributed by atoms with Crippen LogP contribution in [0.1, 0.15) is 61.9 Å². The number of nitrogens with zero attached hydrogens (tertiary/aromatic N) is 3. The summed E-state index contributed by atoms with van der Waals surface area (Å²) in [7, 11) is 0. The minimum Gasteiger partial charge on any atom is -0.383 e. The predicted octanol–water partition coefficient (Wildman–Crippen LogP) is 3.95. The maximum absolute atomic E-state index is 12.5. The van der Waals surface area contributed by atoms with E-state index in [1.807, 2.05) is 10.3 Å². The molecule has 1 saturated heterocycles. The van der Waals surface area contributed by atoms with E-state index in [2.05, 4.69) is 49.9 Å². The van der Waals surface area contributed by atoms with Crippen LogP contribution in [-0.4, -0.2) is 45.4 Å². The Morgan fingerprint density at radius 2 is 1.87 bits per heavy atom. The maximum Gasteiger partial charge on any atom is 0.223 e. The molecule has 5 nitrogen and oxygen atoms in total. The van der Waals surface area contributed by atoms with E-state index < -0.39 is 5.60 Å². The van der Waals surface area contributed by atoms with Crippen molar-refractivity contribution in [2.45, 2.75) is 65.1 Å². The van der Waals surface area contributed by atoms with Gasteiger partial charge in [0.1, 0.15) is 10.6 Å². The highest BCUT2D eigenvalue weighted by Gasteiger charge is 2.38. The molecule has 1 aromatic carbocycles. The first-order valence-electron chi connectivity index (χ1n) is 11.0. The van der Waals surface area contributed by atoms with Crippen LogP contribution in [0.2, 0.25) is 0 Å². The molecule has 0 unspecified atom stereocenters. The number of aromatic nitrogens is 1. The fraction of sp³-hybridized carbons (Fsp3) is 0.583. The molecule has 4 rings (SSSR count). The van der Waals surface area contributed by atoms with Crippen LogP contribution in [0, 0.1) is 5.41 Å². The van der Waals surface area contributed by atoms with Gasteiger partial charge in [0.05, 0.1) is 12.2 Å². The summed E-state index contributed by atoms with van der Waals surface area (Å²) in [5, 5.41) is 14.3. The zero-order valence-electron chi connectivity index (χ0n) is 18.4. The molecular weight excluding hydrogens is 394 g/mol. The smallest absolute Gasteiger partial charge is 0.223 e. The maximum atomic E-state index is 12.5. The number of amides is 1. The van der Waals surface area contributed by atoms with Gasteiger partial charge in [0, 0.05) is 38.0 Å². The van der Waals surface area contributed by atoms with Crippen molar-refractivity contribution in [1.29, 1.82) is 0 Å². The van der Waals surface area contributed by atoms with Gasteiger partial charge < -0.3 is 10.0 Å². The molecule has 1 fully saturated rings. The number of carbonyl (C=O) groups is 1. The molecule has 3 heterocycles. The summed E-state index contributed by atoms with van der Waals surface area (Å²) in [6, 6.07) is 8.66. The van der Waals surface area contributed by atoms with Gasteiger partial charge in [-0.05, 0) is 35.8 Å². The summed E-state index contributed by atoms with van der Waals surface area (Å²) in [6.45, 7) is 10.3. The first kappa shape index (κ1) is 21.5. The van der Waals surface area contributed by atoms with Crippen molar-refractivity contribution >= 4 is 17.2 Å². The van der Waals surface area contributed by atoms with Crippen LogP contribution in [0.15, 0.2) is 29.6 Å². The number of piperidine rings is 1. The van der Waals surface area contributed by atoms with Crippen molar-refractivity contribution in [3.63, 3.8) is 0 Å². The van der Waals surface area contributed by atoms with E-state index in [9.17, 15) is 9.90 Å². The van der Waals surface area contributed by atoms with Crippen LogP contribution in [0.25, 0.3) is 0 Å². The fourth-order valence-electron chi connectivity index (χ4n) is 4.43. The lowest BCUT2D eigenvalue weighted by molar-refractivity contribution is -0.137. The SMILES string of the molecule is CC(C)(C)CC(=O)N1CCC(O)(c2csc(CN3CCc4ccccc4C3)n2)CC1. The number of aliphatic hydroxyl groups is 1. The molecule has 0 radical (unpaired) electrons. The number of likely N-dealkylation sites (tertiary alicyclic amines) is 1. The quantitative estimate of drug-likeness (QED) is 0.803. The molecule has 0 spiro atoms. The number of fused-ring (bicyclic) bond motifs is 1. The Hall–Kier alpha value is -1.76. The first-order valence-corrected chi connectivity index (χ1v) is 11.8. The van der Waals surface area contributed by atoms with E-state index in [4.69, 9.17) is 4.98 Å². The van der Waals surface area contributed by atoms with Gasteiger partial charge in [-0.25, -0.2) is 4.98 Å². The molecule has 0 bridgehead atoms. The van der Waals surface area contributed by atoms with Gasteiger partial charge >= 0.3 is 0 Å². The summed E-state index contributed by atoms with van der Waals surface area (Å²) >= 11 is 1.64. The normalized spacial score (nSPS) is 19.5. The van der Waals surface area contributed by atoms with Gasteiger partial charge in [-0.15, -0.1) is 11.3 Å². The molecule has 30 heavy (non-hydrogen) atoms. The summed E-state index contributed by atoms with van der Waals surface area (Å²) in [6.07, 6.45) is 2.74. The summed E-state index contributed by atoms with van der Waals surface area (Å²) in [5.74, 6) is 0.189. The molecule has 162 valence electrons. The molecule has 2 aliphatic heterocycles. The molecule has 1 aromatic heterocycles. The minimum absolute atomic E-state index is 0.0103. The van der Waals surface area contributed by atoms with Gasteiger partial charge in [-0.1, -0.05) is 45.0 Å². The van der Waals surface area contributed by atoms with Crippen molar-refractivity contribution in [2.24, 2.45) is 5.41 Å². The van der Waals surface area contributed by atoms with Crippen LogP contribution >= 0.6 is 11.3 Å². The van der Waals surface area contributed by atoms with Crippen LogP contribution in [-0.2, 0) is 29.9 Å². The second kappa shape index (κ2) is 8.40. The van der Waals surface area contributed by atoms with E-state index in [0.29, 0.717) is 32.4 Å². The third kappa shape index (κ3) is 4.93. The van der Waals surface area contributed by atoms with Crippen LogP contribution < -0.4 is 0 Å². The van der Waals surface area contributed by atoms with E-state index in [1.165, 1.54) is 11.1 Å². The predicted molar refractivity (Wildman–Crippen MR) is 120 cm³/mol. The summed E-state index contributed by atoms with van der Waals surface area (Å²) in [4.78, 5) is 21.6. The third-order valence-electron chi connectivity index (χ3n) is 6.22. The number of thiazole rings is 1. The van der Waals surface area contributed by atoms with E-state index >= 15 is 0 Å². The monoisotopic (exact) mass is 427 g/mol. The summed E-state index contributed by atoms with van der Waals surface area (Å²) in [5.41, 5.74) is 2.72. The number of hydrogen-bond acceptors (Lipinski definition) is 5. The van der Waals surface area contributed by atoms with E-state index in [1.54, 1.807) is 11.3 Å². The second-order valence-electron chi connectivity index (χ2n) is 10.0. The Bertz CT molecular complexity index is 894. The lowest BCUT2D eigenvalue weighted by Crippen LogP contribution is -2.46. The number of benzene rings is 1. The lowest BCUT2D eigenvalue weighted by atomic mass is 9.87. The van der Waals surface area contributed by atoms with E-state index in [0.717, 1.165) is 36.8 Å². The molecule has 6 heteroatoms. The summed E-state index contributed by atoms with van der Waals surface area (Å²) < 4.78 is 0. The Morgan fingerprint density at radius 3 is 2.57 bits per heavy atom. The van der Waals surface area contributed by atoms with Crippen molar-refractivity contribution < 1.29 is 9.90 Å². The Labute approximate surface area is 183 Å². The lowest BCUT2D eigenvalue weighted by Gasteiger charge is -2.38. The van der Waals surface area contributed by atoms with Crippen molar-refractivity contribution in [1.82, 2.24) is 14.8 Å². The Balaban J connectivity index is 1.35. The van der Waals surface area contributed by atoms with Crippen molar-refractivity contribution in [3.8, 4) is 0 Å². The number of hydrogen-bond donors (Lipinski definition) is 1. The molecule has 2 aliphatic rings. The van der Waals surface area contributed by atoms with Crippen LogP contribution in [0.4, 0.5) is 0 Å². The molecule has 1 amide bonds. The topological polar surface area (TPSA) is 56.7 Å². The zero-order chi connectivity index (χ0) is 21.4. The van der Waals surface area contributed by atoms with Crippen molar-refractivity contribution in [3.05, 3.63) is 51.5 Å². The largest absolute Gasteiger partial charge is 0.383 e. The van der Waals surface area contributed by atoms with Gasteiger partial charge in [0.2, 0.25) is 5.91 Å². The van der Waals surface area contributed by atoms with Gasteiger partial charge in [-0.3, -0.25) is 9.69 Å². The van der Waals surface area contributed by atoms with Crippen LogP contribution in [0.3, 0.4) is 0 Å². The number of rotatable bonds is 4. The van der Waals surface area contributed by atoms with Crippen LogP contribution in [0.5, 0.6) is 0 Å². The molecular formula is C24H33N3O2S. The van der Waals surface area contributed by atoms with Crippen molar-refractivity contribution in [2.75, 3.05) is 19.6 Å². The Morgan fingerprint density at radius 1 is 1.17 bits per heavy atom. The Kier molecular flexibility index (Phi) is 6.02. The second-order valence-corrected chi connectivity index (χ2v) is 10.9. The zero-order valence-corrected chi connectivity index (χ0v) is 19.2.